The Morgan fingerprint density at radius 1 is 1.45 bits per heavy atom. The lowest BCUT2D eigenvalue weighted by atomic mass is 10.2. The maximum Gasteiger partial charge on any atom is 0.144 e. The van der Waals surface area contributed by atoms with Gasteiger partial charge in [0.2, 0.25) is 0 Å². The van der Waals surface area contributed by atoms with E-state index < -0.39 is 0 Å². The minimum atomic E-state index is -0.213. The second-order valence-electron chi connectivity index (χ2n) is 2.16. The van der Waals surface area contributed by atoms with Gasteiger partial charge in [0.15, 0.2) is 0 Å². The van der Waals surface area contributed by atoms with Gasteiger partial charge in [0, 0.05) is 10.0 Å². The van der Waals surface area contributed by atoms with E-state index in [1.54, 1.807) is 12.1 Å². The highest BCUT2D eigenvalue weighted by Gasteiger charge is 2.04. The Hall–Kier alpha value is -0.740. The van der Waals surface area contributed by atoms with E-state index in [0.29, 0.717) is 5.56 Å². The summed E-state index contributed by atoms with van der Waals surface area (Å²) in [5.74, 6) is -0.0456. The summed E-state index contributed by atoms with van der Waals surface area (Å²) in [6.45, 7) is -0.213. The van der Waals surface area contributed by atoms with Crippen molar-refractivity contribution in [3.05, 3.63) is 22.2 Å². The largest absolute Gasteiger partial charge is 0.505 e. The molecule has 0 saturated carbocycles. The minimum Gasteiger partial charge on any atom is -0.505 e. The number of nitrogen functional groups attached to an aromatic ring is 1. The molecule has 0 heterocycles. The molecule has 0 aliphatic heterocycles. The molecule has 0 amide bonds. The molecule has 0 aliphatic rings. The number of hydrogen-bond donors (Lipinski definition) is 3. The van der Waals surface area contributed by atoms with Gasteiger partial charge in [-0.2, -0.15) is 0 Å². The molecular weight excluding hydrogens is 210 g/mol. The van der Waals surface area contributed by atoms with E-state index in [9.17, 15) is 5.11 Å². The highest BCUT2D eigenvalue weighted by Crippen LogP contribution is 2.28. The number of benzene rings is 1. The van der Waals surface area contributed by atoms with E-state index in [4.69, 9.17) is 10.8 Å². The normalized spacial score (nSPS) is 10.0. The van der Waals surface area contributed by atoms with Crippen LogP contribution in [0.15, 0.2) is 16.6 Å². The molecule has 0 unspecified atom stereocenters. The van der Waals surface area contributed by atoms with Crippen LogP contribution in [0.1, 0.15) is 5.56 Å². The van der Waals surface area contributed by atoms with Gasteiger partial charge in [-0.3, -0.25) is 0 Å². The molecule has 0 bridgehead atoms. The maximum atomic E-state index is 9.22. The van der Waals surface area contributed by atoms with Gasteiger partial charge in [-0.25, -0.2) is 0 Å². The summed E-state index contributed by atoms with van der Waals surface area (Å²) in [6.07, 6.45) is 0. The molecule has 0 aromatic heterocycles. The average molecular weight is 218 g/mol. The van der Waals surface area contributed by atoms with Crippen molar-refractivity contribution in [2.75, 3.05) is 5.73 Å². The van der Waals surface area contributed by atoms with Crippen LogP contribution in [0.5, 0.6) is 5.75 Å². The van der Waals surface area contributed by atoms with Gasteiger partial charge in [0.1, 0.15) is 5.75 Å². The van der Waals surface area contributed by atoms with E-state index in [1.165, 1.54) is 0 Å². The van der Waals surface area contributed by atoms with E-state index in [2.05, 4.69) is 15.9 Å². The van der Waals surface area contributed by atoms with E-state index >= 15 is 0 Å². The molecule has 3 nitrogen and oxygen atoms in total. The predicted molar refractivity (Wildman–Crippen MR) is 46.1 cm³/mol. The zero-order chi connectivity index (χ0) is 8.43. The van der Waals surface area contributed by atoms with Crippen molar-refractivity contribution in [3.8, 4) is 5.75 Å². The number of rotatable bonds is 1. The first kappa shape index (κ1) is 8.36. The molecule has 0 radical (unpaired) electrons. The zero-order valence-electron chi connectivity index (χ0n) is 5.71. The number of aliphatic hydroxyl groups excluding tert-OH is 1. The smallest absolute Gasteiger partial charge is 0.144 e. The molecule has 0 atom stereocenters. The summed E-state index contributed by atoms with van der Waals surface area (Å²) < 4.78 is 0.747. The summed E-state index contributed by atoms with van der Waals surface area (Å²) >= 11 is 3.19. The van der Waals surface area contributed by atoms with Crippen LogP contribution in [0.4, 0.5) is 5.69 Å². The summed E-state index contributed by atoms with van der Waals surface area (Å²) in [5, 5.41) is 17.9. The lowest BCUT2D eigenvalue weighted by molar-refractivity contribution is 0.275. The first-order valence-electron chi connectivity index (χ1n) is 3.03. The minimum absolute atomic E-state index is 0.0456. The Bertz CT molecular complexity index is 275. The Kier molecular flexibility index (Phi) is 2.36. The summed E-state index contributed by atoms with van der Waals surface area (Å²) in [5.41, 5.74) is 6.10. The highest BCUT2D eigenvalue weighted by atomic mass is 79.9. The second-order valence-corrected chi connectivity index (χ2v) is 3.08. The van der Waals surface area contributed by atoms with Gasteiger partial charge in [-0.05, 0) is 12.1 Å². The molecule has 0 fully saturated rings. The number of aromatic hydroxyl groups is 1. The molecule has 11 heavy (non-hydrogen) atoms. The fourth-order valence-corrected chi connectivity index (χ4v) is 1.32. The lowest BCUT2D eigenvalue weighted by Gasteiger charge is -2.04. The van der Waals surface area contributed by atoms with Gasteiger partial charge >= 0.3 is 0 Å². The third kappa shape index (κ3) is 1.64. The number of nitrogens with two attached hydrogens (primary N) is 1. The predicted octanol–water partition coefficient (Wildman–Crippen LogP) is 1.23. The van der Waals surface area contributed by atoms with Crippen molar-refractivity contribution in [2.24, 2.45) is 0 Å². The van der Waals surface area contributed by atoms with E-state index in [-0.39, 0.29) is 18.0 Å². The summed E-state index contributed by atoms with van der Waals surface area (Å²) in [6, 6.07) is 3.19. The highest BCUT2D eigenvalue weighted by molar-refractivity contribution is 9.10. The van der Waals surface area contributed by atoms with Crippen molar-refractivity contribution >= 4 is 21.6 Å². The molecule has 1 aromatic carbocycles. The van der Waals surface area contributed by atoms with Gasteiger partial charge < -0.3 is 15.9 Å². The van der Waals surface area contributed by atoms with Crippen molar-refractivity contribution in [1.29, 1.82) is 0 Å². The second kappa shape index (κ2) is 3.11. The molecular formula is C7H8BrNO2. The zero-order valence-corrected chi connectivity index (χ0v) is 7.30. The van der Waals surface area contributed by atoms with Gasteiger partial charge in [-0.1, -0.05) is 15.9 Å². The maximum absolute atomic E-state index is 9.22. The van der Waals surface area contributed by atoms with Gasteiger partial charge in [-0.15, -0.1) is 0 Å². The fourth-order valence-electron chi connectivity index (χ4n) is 0.799. The van der Waals surface area contributed by atoms with Crippen molar-refractivity contribution in [1.82, 2.24) is 0 Å². The number of halogens is 1. The number of aliphatic hydroxyl groups is 1. The SMILES string of the molecule is Nc1cc(Br)cc(CO)c1O. The number of phenols is 1. The summed E-state index contributed by atoms with van der Waals surface area (Å²) in [4.78, 5) is 0. The molecule has 0 spiro atoms. The third-order valence-electron chi connectivity index (χ3n) is 1.35. The van der Waals surface area contributed by atoms with Crippen molar-refractivity contribution in [3.63, 3.8) is 0 Å². The van der Waals surface area contributed by atoms with Crippen LogP contribution in [0.2, 0.25) is 0 Å². The van der Waals surface area contributed by atoms with Crippen LogP contribution in [-0.4, -0.2) is 10.2 Å². The molecule has 60 valence electrons. The molecule has 1 rings (SSSR count). The average Bonchev–Trinajstić information content (AvgIpc) is 1.96. The molecule has 0 aliphatic carbocycles. The van der Waals surface area contributed by atoms with E-state index in [0.717, 1.165) is 4.47 Å². The molecule has 1 aromatic rings. The van der Waals surface area contributed by atoms with Crippen LogP contribution in [0, 0.1) is 0 Å². The standard InChI is InChI=1S/C7H8BrNO2/c8-5-1-4(3-10)7(11)6(9)2-5/h1-2,10-11H,3,9H2. The quantitative estimate of drug-likeness (QED) is 0.490. The molecule has 4 N–H and O–H groups in total. The first-order chi connectivity index (χ1) is 5.15. The molecule has 0 saturated heterocycles. The van der Waals surface area contributed by atoms with Gasteiger partial charge in [0.25, 0.3) is 0 Å². The Balaban J connectivity index is 3.24. The first-order valence-corrected chi connectivity index (χ1v) is 3.82. The third-order valence-corrected chi connectivity index (χ3v) is 1.81. The van der Waals surface area contributed by atoms with Gasteiger partial charge in [0.05, 0.1) is 12.3 Å². The van der Waals surface area contributed by atoms with Crippen LogP contribution >= 0.6 is 15.9 Å². The Labute approximate surface area is 72.6 Å². The lowest BCUT2D eigenvalue weighted by Crippen LogP contribution is -1.91. The number of anilines is 1. The van der Waals surface area contributed by atoms with Crippen LogP contribution in [-0.2, 0) is 6.61 Å². The van der Waals surface area contributed by atoms with Crippen LogP contribution in [0.3, 0.4) is 0 Å². The van der Waals surface area contributed by atoms with Crippen molar-refractivity contribution < 1.29 is 10.2 Å². The Morgan fingerprint density at radius 3 is 2.64 bits per heavy atom. The molecule has 4 heteroatoms. The monoisotopic (exact) mass is 217 g/mol. The van der Waals surface area contributed by atoms with Crippen LogP contribution < -0.4 is 5.73 Å². The Morgan fingerprint density at radius 2 is 2.09 bits per heavy atom. The van der Waals surface area contributed by atoms with Crippen molar-refractivity contribution in [2.45, 2.75) is 6.61 Å². The fraction of sp³-hybridized carbons (Fsp3) is 0.143. The number of hydrogen-bond acceptors (Lipinski definition) is 3. The topological polar surface area (TPSA) is 66.5 Å². The van der Waals surface area contributed by atoms with E-state index in [1.807, 2.05) is 0 Å². The van der Waals surface area contributed by atoms with Crippen LogP contribution in [0.25, 0.3) is 0 Å². The summed E-state index contributed by atoms with van der Waals surface area (Å²) in [7, 11) is 0.